The number of nitrogens with two attached hydrogens (primary N) is 1. The van der Waals surface area contributed by atoms with Crippen molar-refractivity contribution in [3.8, 4) is 5.75 Å². The van der Waals surface area contributed by atoms with Gasteiger partial charge in [0.15, 0.2) is 11.6 Å². The summed E-state index contributed by atoms with van der Waals surface area (Å²) in [5, 5.41) is 0. The number of hydrogen-bond donors (Lipinski definition) is 1. The molecule has 1 aliphatic carbocycles. The summed E-state index contributed by atoms with van der Waals surface area (Å²) in [7, 11) is 0. The molecule has 0 heterocycles. The number of benzene rings is 1. The summed E-state index contributed by atoms with van der Waals surface area (Å²) in [6, 6.07) is 3.04. The van der Waals surface area contributed by atoms with E-state index >= 15 is 0 Å². The van der Waals surface area contributed by atoms with Gasteiger partial charge in [0.25, 0.3) is 0 Å². The van der Waals surface area contributed by atoms with Gasteiger partial charge in [-0.05, 0) is 18.6 Å². The van der Waals surface area contributed by atoms with Gasteiger partial charge >= 0.3 is 0 Å². The second kappa shape index (κ2) is 5.63. The first kappa shape index (κ1) is 13.2. The van der Waals surface area contributed by atoms with Gasteiger partial charge in [0.1, 0.15) is 18.0 Å². The van der Waals surface area contributed by atoms with Crippen LogP contribution in [-0.2, 0) is 4.74 Å². The zero-order chi connectivity index (χ0) is 13.1. The molecule has 1 aromatic rings. The summed E-state index contributed by atoms with van der Waals surface area (Å²) in [6.45, 7) is 2.58. The third kappa shape index (κ3) is 2.79. The van der Waals surface area contributed by atoms with Crippen LogP contribution >= 0.6 is 0 Å². The van der Waals surface area contributed by atoms with Gasteiger partial charge in [0, 0.05) is 25.1 Å². The van der Waals surface area contributed by atoms with Crippen LogP contribution < -0.4 is 10.5 Å². The first-order valence-electron chi connectivity index (χ1n) is 6.10. The highest BCUT2D eigenvalue weighted by atomic mass is 19.1. The standard InChI is InChI=1S/C13H17F2NO2/c1-2-5-17-13-10(16)7-12(13)18-11-6-8(14)3-4-9(11)15/h3-4,6,10,12-13H,2,5,7,16H2,1H3. The van der Waals surface area contributed by atoms with Gasteiger partial charge < -0.3 is 15.2 Å². The molecule has 1 saturated carbocycles. The molecular weight excluding hydrogens is 240 g/mol. The quantitative estimate of drug-likeness (QED) is 0.879. The molecule has 0 spiro atoms. The van der Waals surface area contributed by atoms with E-state index in [-0.39, 0.29) is 24.0 Å². The normalized spacial score (nSPS) is 26.8. The van der Waals surface area contributed by atoms with Crippen LogP contribution in [0.3, 0.4) is 0 Å². The van der Waals surface area contributed by atoms with Crippen molar-refractivity contribution >= 4 is 0 Å². The molecule has 0 aromatic heterocycles. The first-order valence-corrected chi connectivity index (χ1v) is 6.10. The molecule has 3 unspecified atom stereocenters. The highest BCUT2D eigenvalue weighted by Gasteiger charge is 2.41. The molecule has 1 fully saturated rings. The molecule has 0 amide bonds. The Labute approximate surface area is 105 Å². The maximum Gasteiger partial charge on any atom is 0.165 e. The SMILES string of the molecule is CCCOC1C(N)CC1Oc1cc(F)ccc1F. The van der Waals surface area contributed by atoms with Crippen LogP contribution in [0.25, 0.3) is 0 Å². The summed E-state index contributed by atoms with van der Waals surface area (Å²) in [6.07, 6.45) is 0.921. The van der Waals surface area contributed by atoms with Gasteiger partial charge in [-0.15, -0.1) is 0 Å². The van der Waals surface area contributed by atoms with E-state index in [1.807, 2.05) is 6.92 Å². The lowest BCUT2D eigenvalue weighted by Crippen LogP contribution is -2.59. The van der Waals surface area contributed by atoms with Crippen LogP contribution in [-0.4, -0.2) is 24.9 Å². The Morgan fingerprint density at radius 3 is 2.83 bits per heavy atom. The molecule has 0 radical (unpaired) electrons. The Morgan fingerprint density at radius 1 is 1.39 bits per heavy atom. The monoisotopic (exact) mass is 257 g/mol. The summed E-state index contributed by atoms with van der Waals surface area (Å²) in [5.74, 6) is -1.19. The zero-order valence-electron chi connectivity index (χ0n) is 10.2. The van der Waals surface area contributed by atoms with E-state index in [4.69, 9.17) is 15.2 Å². The molecule has 1 aliphatic rings. The van der Waals surface area contributed by atoms with E-state index in [1.54, 1.807) is 0 Å². The van der Waals surface area contributed by atoms with Crippen molar-refractivity contribution in [2.24, 2.45) is 5.73 Å². The average molecular weight is 257 g/mol. The molecule has 2 rings (SSSR count). The van der Waals surface area contributed by atoms with E-state index in [0.29, 0.717) is 13.0 Å². The second-order valence-corrected chi connectivity index (χ2v) is 4.47. The first-order chi connectivity index (χ1) is 8.61. The highest BCUT2D eigenvalue weighted by Crippen LogP contribution is 2.29. The van der Waals surface area contributed by atoms with Crippen LogP contribution in [0.4, 0.5) is 8.78 Å². The Hall–Kier alpha value is -1.20. The lowest BCUT2D eigenvalue weighted by Gasteiger charge is -2.41. The molecule has 0 saturated heterocycles. The van der Waals surface area contributed by atoms with Crippen LogP contribution in [0.1, 0.15) is 19.8 Å². The van der Waals surface area contributed by atoms with Crippen molar-refractivity contribution in [1.29, 1.82) is 0 Å². The fourth-order valence-electron chi connectivity index (χ4n) is 1.95. The lowest BCUT2D eigenvalue weighted by atomic mass is 9.86. The zero-order valence-corrected chi connectivity index (χ0v) is 10.2. The summed E-state index contributed by atoms with van der Waals surface area (Å²) in [5.41, 5.74) is 5.80. The second-order valence-electron chi connectivity index (χ2n) is 4.47. The Kier molecular flexibility index (Phi) is 4.14. The number of halogens is 2. The van der Waals surface area contributed by atoms with E-state index in [0.717, 1.165) is 24.6 Å². The minimum Gasteiger partial charge on any atom is -0.484 e. The van der Waals surface area contributed by atoms with Crippen molar-refractivity contribution in [2.45, 2.75) is 38.0 Å². The van der Waals surface area contributed by atoms with E-state index < -0.39 is 11.6 Å². The van der Waals surface area contributed by atoms with Crippen molar-refractivity contribution in [2.75, 3.05) is 6.61 Å². The molecule has 0 bridgehead atoms. The molecule has 3 nitrogen and oxygen atoms in total. The van der Waals surface area contributed by atoms with Crippen LogP contribution in [0.2, 0.25) is 0 Å². The summed E-state index contributed by atoms with van der Waals surface area (Å²) >= 11 is 0. The molecule has 100 valence electrons. The smallest absolute Gasteiger partial charge is 0.165 e. The predicted molar refractivity (Wildman–Crippen MR) is 63.4 cm³/mol. The maximum absolute atomic E-state index is 13.4. The predicted octanol–water partition coefficient (Wildman–Crippen LogP) is 2.24. The van der Waals surface area contributed by atoms with Crippen LogP contribution in [0, 0.1) is 11.6 Å². The van der Waals surface area contributed by atoms with E-state index in [1.165, 1.54) is 0 Å². The van der Waals surface area contributed by atoms with E-state index in [2.05, 4.69) is 0 Å². The third-order valence-corrected chi connectivity index (χ3v) is 2.98. The van der Waals surface area contributed by atoms with Crippen LogP contribution in [0.15, 0.2) is 18.2 Å². The number of hydrogen-bond acceptors (Lipinski definition) is 3. The fraction of sp³-hybridized carbons (Fsp3) is 0.538. The molecule has 18 heavy (non-hydrogen) atoms. The maximum atomic E-state index is 13.4. The third-order valence-electron chi connectivity index (χ3n) is 2.98. The molecule has 0 aliphatic heterocycles. The molecular formula is C13H17F2NO2. The fourth-order valence-corrected chi connectivity index (χ4v) is 1.95. The van der Waals surface area contributed by atoms with Gasteiger partial charge in [-0.1, -0.05) is 6.92 Å². The van der Waals surface area contributed by atoms with Gasteiger partial charge in [-0.25, -0.2) is 8.78 Å². The topological polar surface area (TPSA) is 44.5 Å². The minimum atomic E-state index is -0.578. The van der Waals surface area contributed by atoms with Gasteiger partial charge in [-0.3, -0.25) is 0 Å². The Morgan fingerprint density at radius 2 is 2.17 bits per heavy atom. The Balaban J connectivity index is 1.98. The summed E-state index contributed by atoms with van der Waals surface area (Å²) < 4.78 is 37.3. The van der Waals surface area contributed by atoms with Gasteiger partial charge in [0.2, 0.25) is 0 Å². The van der Waals surface area contributed by atoms with Gasteiger partial charge in [-0.2, -0.15) is 0 Å². The van der Waals surface area contributed by atoms with Crippen molar-refractivity contribution in [3.05, 3.63) is 29.8 Å². The molecule has 5 heteroatoms. The van der Waals surface area contributed by atoms with E-state index in [9.17, 15) is 8.78 Å². The average Bonchev–Trinajstić information content (AvgIpc) is 2.33. The van der Waals surface area contributed by atoms with Crippen molar-refractivity contribution in [3.63, 3.8) is 0 Å². The lowest BCUT2D eigenvalue weighted by molar-refractivity contribution is -0.0990. The molecule has 3 atom stereocenters. The largest absolute Gasteiger partial charge is 0.484 e. The minimum absolute atomic E-state index is 0.0861. The van der Waals surface area contributed by atoms with Crippen molar-refractivity contribution in [1.82, 2.24) is 0 Å². The van der Waals surface area contributed by atoms with Crippen molar-refractivity contribution < 1.29 is 18.3 Å². The van der Waals surface area contributed by atoms with Crippen LogP contribution in [0.5, 0.6) is 5.75 Å². The highest BCUT2D eigenvalue weighted by molar-refractivity contribution is 5.25. The summed E-state index contributed by atoms with van der Waals surface area (Å²) in [4.78, 5) is 0. The Bertz CT molecular complexity index is 414. The number of rotatable bonds is 5. The van der Waals surface area contributed by atoms with Gasteiger partial charge in [0.05, 0.1) is 0 Å². The number of ether oxygens (including phenoxy) is 2. The molecule has 2 N–H and O–H groups in total. The molecule has 1 aromatic carbocycles.